The first kappa shape index (κ1) is 11.7. The third kappa shape index (κ3) is 2.47. The third-order valence-corrected chi connectivity index (χ3v) is 2.79. The molecule has 0 aliphatic rings. The molecular formula is C12H11BrClNO. The minimum Gasteiger partial charge on any atom is -0.491 e. The van der Waals surface area contributed by atoms with Gasteiger partial charge in [-0.1, -0.05) is 11.6 Å². The number of benzene rings is 1. The predicted octanol–water partition coefficient (Wildman–Crippen LogP) is 4.44. The van der Waals surface area contributed by atoms with E-state index in [0.29, 0.717) is 5.02 Å². The molecule has 0 unspecified atom stereocenters. The summed E-state index contributed by atoms with van der Waals surface area (Å²) in [5, 5.41) is 1.62. The van der Waals surface area contributed by atoms with Gasteiger partial charge in [-0.15, -0.1) is 0 Å². The third-order valence-electron chi connectivity index (χ3n) is 2.07. The van der Waals surface area contributed by atoms with Crippen LogP contribution < -0.4 is 4.74 Å². The van der Waals surface area contributed by atoms with Gasteiger partial charge in [-0.2, -0.15) is 0 Å². The van der Waals surface area contributed by atoms with Crippen LogP contribution in [0.5, 0.6) is 5.75 Å². The van der Waals surface area contributed by atoms with Gasteiger partial charge >= 0.3 is 0 Å². The van der Waals surface area contributed by atoms with E-state index in [1.807, 2.05) is 32.0 Å². The Morgan fingerprint density at radius 2 is 2.06 bits per heavy atom. The fraction of sp³-hybridized carbons (Fsp3) is 0.250. The van der Waals surface area contributed by atoms with Gasteiger partial charge in [-0.25, -0.2) is 4.98 Å². The Bertz CT molecular complexity index is 528. The lowest BCUT2D eigenvalue weighted by Crippen LogP contribution is -2.05. The Balaban J connectivity index is 2.53. The molecule has 0 fully saturated rings. The quantitative estimate of drug-likeness (QED) is 0.765. The average Bonchev–Trinajstić information content (AvgIpc) is 2.15. The van der Waals surface area contributed by atoms with E-state index in [-0.39, 0.29) is 6.10 Å². The van der Waals surface area contributed by atoms with E-state index in [1.165, 1.54) is 0 Å². The molecule has 0 bridgehead atoms. The zero-order valence-corrected chi connectivity index (χ0v) is 11.3. The zero-order valence-electron chi connectivity index (χ0n) is 9.00. The molecule has 1 heterocycles. The van der Waals surface area contributed by atoms with E-state index in [0.717, 1.165) is 21.3 Å². The van der Waals surface area contributed by atoms with Crippen LogP contribution in [0.1, 0.15) is 13.8 Å². The van der Waals surface area contributed by atoms with Crippen molar-refractivity contribution in [2.75, 3.05) is 0 Å². The molecule has 0 N–H and O–H groups in total. The van der Waals surface area contributed by atoms with Crippen LogP contribution in [-0.2, 0) is 0 Å². The van der Waals surface area contributed by atoms with Gasteiger partial charge in [-0.05, 0) is 48.0 Å². The number of nitrogens with zero attached hydrogens (tertiary/aromatic N) is 1. The van der Waals surface area contributed by atoms with Crippen LogP contribution in [-0.4, -0.2) is 11.1 Å². The summed E-state index contributed by atoms with van der Waals surface area (Å²) in [5.41, 5.74) is 0.831. The molecule has 0 saturated carbocycles. The fourth-order valence-corrected chi connectivity index (χ4v) is 2.30. The summed E-state index contributed by atoms with van der Waals surface area (Å²) in [4.78, 5) is 4.36. The molecule has 1 aromatic heterocycles. The van der Waals surface area contributed by atoms with Gasteiger partial charge in [-0.3, -0.25) is 0 Å². The highest BCUT2D eigenvalue weighted by Gasteiger charge is 2.05. The molecule has 2 aromatic rings. The van der Waals surface area contributed by atoms with Crippen LogP contribution in [0.15, 0.2) is 28.9 Å². The molecule has 0 atom stereocenters. The van der Waals surface area contributed by atoms with Gasteiger partial charge < -0.3 is 4.74 Å². The first-order valence-electron chi connectivity index (χ1n) is 4.99. The van der Waals surface area contributed by atoms with Crippen LogP contribution in [0.2, 0.25) is 5.02 Å². The minimum absolute atomic E-state index is 0.153. The Morgan fingerprint density at radius 3 is 2.75 bits per heavy atom. The van der Waals surface area contributed by atoms with Gasteiger partial charge in [0.1, 0.15) is 10.4 Å². The van der Waals surface area contributed by atoms with Crippen molar-refractivity contribution in [1.82, 2.24) is 4.98 Å². The van der Waals surface area contributed by atoms with E-state index in [4.69, 9.17) is 16.3 Å². The first-order chi connectivity index (χ1) is 7.56. The Hall–Kier alpha value is -0.800. The minimum atomic E-state index is 0.153. The van der Waals surface area contributed by atoms with Crippen molar-refractivity contribution in [3.05, 3.63) is 33.9 Å². The molecule has 2 nitrogen and oxygen atoms in total. The van der Waals surface area contributed by atoms with Crippen molar-refractivity contribution in [2.24, 2.45) is 0 Å². The van der Waals surface area contributed by atoms with E-state index < -0.39 is 0 Å². The molecule has 0 amide bonds. The van der Waals surface area contributed by atoms with Gasteiger partial charge in [0.05, 0.1) is 16.6 Å². The summed E-state index contributed by atoms with van der Waals surface area (Å²) < 4.78 is 6.33. The average molecular weight is 301 g/mol. The van der Waals surface area contributed by atoms with Gasteiger partial charge in [0, 0.05) is 11.5 Å². The molecule has 84 valence electrons. The number of hydrogen-bond donors (Lipinski definition) is 0. The standard InChI is InChI=1S/C12H11BrClNO/c1-7(2)16-8-3-4-9-10(14)6-12(13)15-11(9)5-8/h3-7H,1-2H3. The molecule has 0 spiro atoms. The molecular weight excluding hydrogens is 289 g/mol. The van der Waals surface area contributed by atoms with E-state index in [1.54, 1.807) is 6.07 Å². The highest BCUT2D eigenvalue weighted by Crippen LogP contribution is 2.28. The fourth-order valence-electron chi connectivity index (χ4n) is 1.48. The topological polar surface area (TPSA) is 22.1 Å². The predicted molar refractivity (Wildman–Crippen MR) is 70.2 cm³/mol. The molecule has 0 aliphatic carbocycles. The molecule has 1 aromatic carbocycles. The van der Waals surface area contributed by atoms with Crippen molar-refractivity contribution in [3.8, 4) is 5.75 Å². The maximum Gasteiger partial charge on any atom is 0.121 e. The van der Waals surface area contributed by atoms with Crippen LogP contribution in [0.4, 0.5) is 0 Å². The SMILES string of the molecule is CC(C)Oc1ccc2c(Cl)cc(Br)nc2c1. The van der Waals surface area contributed by atoms with Crippen molar-refractivity contribution in [2.45, 2.75) is 20.0 Å². The highest BCUT2D eigenvalue weighted by atomic mass is 79.9. The number of halogens is 2. The summed E-state index contributed by atoms with van der Waals surface area (Å²) >= 11 is 9.43. The molecule has 2 rings (SSSR count). The molecule has 4 heteroatoms. The molecule has 16 heavy (non-hydrogen) atoms. The van der Waals surface area contributed by atoms with E-state index >= 15 is 0 Å². The maximum absolute atomic E-state index is 6.11. The van der Waals surface area contributed by atoms with Crippen molar-refractivity contribution >= 4 is 38.4 Å². The van der Waals surface area contributed by atoms with Gasteiger partial charge in [0.15, 0.2) is 0 Å². The van der Waals surface area contributed by atoms with Crippen LogP contribution in [0.3, 0.4) is 0 Å². The van der Waals surface area contributed by atoms with E-state index in [2.05, 4.69) is 20.9 Å². The normalized spacial score (nSPS) is 11.1. The lowest BCUT2D eigenvalue weighted by atomic mass is 10.2. The molecule has 0 saturated heterocycles. The lowest BCUT2D eigenvalue weighted by Gasteiger charge is -2.10. The second-order valence-electron chi connectivity index (χ2n) is 3.77. The summed E-state index contributed by atoms with van der Waals surface area (Å²) in [6.07, 6.45) is 0.153. The van der Waals surface area contributed by atoms with Crippen molar-refractivity contribution in [3.63, 3.8) is 0 Å². The maximum atomic E-state index is 6.11. The lowest BCUT2D eigenvalue weighted by molar-refractivity contribution is 0.242. The largest absolute Gasteiger partial charge is 0.491 e. The zero-order chi connectivity index (χ0) is 11.7. The first-order valence-corrected chi connectivity index (χ1v) is 6.16. The van der Waals surface area contributed by atoms with E-state index in [9.17, 15) is 0 Å². The number of ether oxygens (including phenoxy) is 1. The smallest absolute Gasteiger partial charge is 0.121 e. The van der Waals surface area contributed by atoms with Crippen LogP contribution in [0.25, 0.3) is 10.9 Å². The number of rotatable bonds is 2. The summed E-state index contributed by atoms with van der Waals surface area (Å²) in [6.45, 7) is 3.98. The number of aromatic nitrogens is 1. The Morgan fingerprint density at radius 1 is 1.31 bits per heavy atom. The monoisotopic (exact) mass is 299 g/mol. The highest BCUT2D eigenvalue weighted by molar-refractivity contribution is 9.10. The molecule has 0 aliphatic heterocycles. The summed E-state index contributed by atoms with van der Waals surface area (Å²) in [6, 6.07) is 7.51. The number of pyridine rings is 1. The summed E-state index contributed by atoms with van der Waals surface area (Å²) in [5.74, 6) is 0.809. The van der Waals surface area contributed by atoms with Crippen LogP contribution in [0, 0.1) is 0 Å². The molecule has 0 radical (unpaired) electrons. The van der Waals surface area contributed by atoms with Crippen molar-refractivity contribution in [1.29, 1.82) is 0 Å². The summed E-state index contributed by atoms with van der Waals surface area (Å²) in [7, 11) is 0. The second kappa shape index (κ2) is 4.60. The van der Waals surface area contributed by atoms with Crippen molar-refractivity contribution < 1.29 is 4.74 Å². The Kier molecular flexibility index (Phi) is 3.36. The second-order valence-corrected chi connectivity index (χ2v) is 4.99. The number of fused-ring (bicyclic) bond motifs is 1. The van der Waals surface area contributed by atoms with Gasteiger partial charge in [0.2, 0.25) is 0 Å². The Labute approximate surface area is 108 Å². The van der Waals surface area contributed by atoms with Crippen LogP contribution >= 0.6 is 27.5 Å². The number of hydrogen-bond acceptors (Lipinski definition) is 2. The van der Waals surface area contributed by atoms with Gasteiger partial charge in [0.25, 0.3) is 0 Å².